The largest absolute Gasteiger partial charge is 0.490 e. The third kappa shape index (κ3) is 3.23. The van der Waals surface area contributed by atoms with Crippen molar-refractivity contribution in [2.45, 2.75) is 26.9 Å². The first-order valence-electron chi connectivity index (χ1n) is 5.11. The number of carboxylic acids is 1. The van der Waals surface area contributed by atoms with Gasteiger partial charge in [-0.25, -0.2) is 4.79 Å². The fourth-order valence-electron chi connectivity index (χ4n) is 1.11. The Balaban J connectivity index is 3.01. The van der Waals surface area contributed by atoms with E-state index in [1.165, 1.54) is 6.07 Å². The van der Waals surface area contributed by atoms with Crippen LogP contribution in [-0.4, -0.2) is 17.2 Å². The number of carbonyl (C=O) groups is 1. The van der Waals surface area contributed by atoms with Crippen LogP contribution in [0, 0.1) is 5.92 Å². The average molecular weight is 287 g/mol. The summed E-state index contributed by atoms with van der Waals surface area (Å²) in [5, 5.41) is 9.01. The molecule has 0 saturated heterocycles. The lowest BCUT2D eigenvalue weighted by Crippen LogP contribution is -2.20. The van der Waals surface area contributed by atoms with Crippen LogP contribution in [0.15, 0.2) is 22.7 Å². The van der Waals surface area contributed by atoms with Gasteiger partial charge in [-0.1, -0.05) is 29.8 Å². The minimum atomic E-state index is -0.974. The maximum absolute atomic E-state index is 11.0. The zero-order valence-corrected chi connectivity index (χ0v) is 11.1. The monoisotopic (exact) mass is 286 g/mol. The number of hydrogen-bond donors (Lipinski definition) is 1. The summed E-state index contributed by atoms with van der Waals surface area (Å²) in [5.74, 6) is -0.234. The van der Waals surface area contributed by atoms with E-state index in [0.717, 1.165) is 4.47 Å². The van der Waals surface area contributed by atoms with Crippen molar-refractivity contribution in [2.75, 3.05) is 0 Å². The number of aromatic carboxylic acids is 1. The van der Waals surface area contributed by atoms with Crippen LogP contribution in [0.4, 0.5) is 0 Å². The minimum Gasteiger partial charge on any atom is -0.490 e. The molecule has 0 heterocycles. The van der Waals surface area contributed by atoms with Crippen LogP contribution in [0.1, 0.15) is 31.1 Å². The number of halogens is 1. The molecule has 0 saturated carbocycles. The Morgan fingerprint density at radius 1 is 1.38 bits per heavy atom. The molecule has 4 heteroatoms. The number of carboxylic acid groups (broad SMARTS) is 1. The van der Waals surface area contributed by atoms with Gasteiger partial charge in [-0.15, -0.1) is 0 Å². The van der Waals surface area contributed by atoms with E-state index in [0.29, 0.717) is 11.7 Å². The van der Waals surface area contributed by atoms with E-state index in [9.17, 15) is 4.79 Å². The number of benzene rings is 1. The van der Waals surface area contributed by atoms with Crippen molar-refractivity contribution >= 4 is 21.9 Å². The molecule has 0 fully saturated rings. The molecule has 1 aromatic carbocycles. The summed E-state index contributed by atoms with van der Waals surface area (Å²) in [5.41, 5.74) is 0.190. The van der Waals surface area contributed by atoms with Gasteiger partial charge in [0.25, 0.3) is 0 Å². The van der Waals surface area contributed by atoms with Gasteiger partial charge < -0.3 is 9.84 Å². The summed E-state index contributed by atoms with van der Waals surface area (Å²) < 4.78 is 6.45. The van der Waals surface area contributed by atoms with E-state index >= 15 is 0 Å². The fourth-order valence-corrected chi connectivity index (χ4v) is 1.45. The summed E-state index contributed by atoms with van der Waals surface area (Å²) in [6.45, 7) is 5.99. The second-order valence-corrected chi connectivity index (χ2v) is 4.93. The zero-order valence-electron chi connectivity index (χ0n) is 9.53. The second kappa shape index (κ2) is 5.34. The third-order valence-corrected chi connectivity index (χ3v) is 2.92. The van der Waals surface area contributed by atoms with Crippen LogP contribution in [0.5, 0.6) is 5.75 Å². The molecule has 1 atom stereocenters. The molecule has 0 aliphatic carbocycles. The topological polar surface area (TPSA) is 46.5 Å². The van der Waals surface area contributed by atoms with Crippen molar-refractivity contribution in [1.29, 1.82) is 0 Å². The first-order chi connectivity index (χ1) is 7.41. The summed E-state index contributed by atoms with van der Waals surface area (Å²) in [6.07, 6.45) is -0.0209. The molecular formula is C12H15BrO3. The van der Waals surface area contributed by atoms with Crippen molar-refractivity contribution < 1.29 is 14.6 Å². The van der Waals surface area contributed by atoms with Gasteiger partial charge in [-0.05, 0) is 31.0 Å². The average Bonchev–Trinajstić information content (AvgIpc) is 2.16. The molecule has 0 aliphatic heterocycles. The van der Waals surface area contributed by atoms with Gasteiger partial charge in [0.1, 0.15) is 11.3 Å². The van der Waals surface area contributed by atoms with Crippen LogP contribution in [0.2, 0.25) is 0 Å². The van der Waals surface area contributed by atoms with Crippen molar-refractivity contribution in [3.05, 3.63) is 28.2 Å². The Hall–Kier alpha value is -1.03. The van der Waals surface area contributed by atoms with Crippen LogP contribution < -0.4 is 4.74 Å². The molecule has 0 bridgehead atoms. The van der Waals surface area contributed by atoms with Crippen LogP contribution in [0.3, 0.4) is 0 Å². The van der Waals surface area contributed by atoms with Gasteiger partial charge in [0.15, 0.2) is 0 Å². The highest BCUT2D eigenvalue weighted by molar-refractivity contribution is 9.10. The molecule has 3 nitrogen and oxygen atoms in total. The predicted octanol–water partition coefficient (Wildman–Crippen LogP) is 3.57. The maximum atomic E-state index is 11.0. The highest BCUT2D eigenvalue weighted by Gasteiger charge is 2.15. The molecule has 0 radical (unpaired) electrons. The minimum absolute atomic E-state index is 0.0209. The molecule has 1 rings (SSSR count). The lowest BCUT2D eigenvalue weighted by atomic mass is 10.1. The van der Waals surface area contributed by atoms with Crippen molar-refractivity contribution in [2.24, 2.45) is 5.92 Å². The maximum Gasteiger partial charge on any atom is 0.339 e. The van der Waals surface area contributed by atoms with Gasteiger partial charge in [0.2, 0.25) is 0 Å². The van der Waals surface area contributed by atoms with E-state index in [2.05, 4.69) is 15.9 Å². The molecule has 1 aromatic rings. The van der Waals surface area contributed by atoms with Crippen molar-refractivity contribution in [3.63, 3.8) is 0 Å². The molecular weight excluding hydrogens is 272 g/mol. The smallest absolute Gasteiger partial charge is 0.339 e. The van der Waals surface area contributed by atoms with Crippen molar-refractivity contribution in [1.82, 2.24) is 0 Å². The fraction of sp³-hybridized carbons (Fsp3) is 0.417. The second-order valence-electron chi connectivity index (χ2n) is 4.01. The number of ether oxygens (including phenoxy) is 1. The standard InChI is InChI=1S/C12H15BrO3/c1-7(2)8(3)16-11-6-9(13)4-5-10(11)12(14)15/h4-8H,1-3H3,(H,14,15). The molecule has 16 heavy (non-hydrogen) atoms. The summed E-state index contributed by atoms with van der Waals surface area (Å²) in [4.78, 5) is 11.0. The Kier molecular flexibility index (Phi) is 4.35. The Morgan fingerprint density at radius 2 is 2.00 bits per heavy atom. The van der Waals surface area contributed by atoms with E-state index in [-0.39, 0.29) is 11.7 Å². The van der Waals surface area contributed by atoms with Gasteiger partial charge in [-0.3, -0.25) is 0 Å². The van der Waals surface area contributed by atoms with Gasteiger partial charge in [0, 0.05) is 4.47 Å². The van der Waals surface area contributed by atoms with Crippen LogP contribution in [0.25, 0.3) is 0 Å². The summed E-state index contributed by atoms with van der Waals surface area (Å²) >= 11 is 3.30. The van der Waals surface area contributed by atoms with E-state index in [1.54, 1.807) is 12.1 Å². The zero-order chi connectivity index (χ0) is 12.3. The first kappa shape index (κ1) is 13.0. The highest BCUT2D eigenvalue weighted by Crippen LogP contribution is 2.25. The molecule has 1 N–H and O–H groups in total. The van der Waals surface area contributed by atoms with Gasteiger partial charge in [-0.2, -0.15) is 0 Å². The Bertz CT molecular complexity index is 388. The highest BCUT2D eigenvalue weighted by atomic mass is 79.9. The lowest BCUT2D eigenvalue weighted by molar-refractivity contribution is 0.0687. The SMILES string of the molecule is CC(C)C(C)Oc1cc(Br)ccc1C(=O)O. The normalized spacial score (nSPS) is 12.6. The molecule has 0 aromatic heterocycles. The van der Waals surface area contributed by atoms with Gasteiger partial charge in [0.05, 0.1) is 6.10 Å². The number of rotatable bonds is 4. The summed E-state index contributed by atoms with van der Waals surface area (Å²) in [6, 6.07) is 4.91. The van der Waals surface area contributed by atoms with Gasteiger partial charge >= 0.3 is 5.97 Å². The Morgan fingerprint density at radius 3 is 2.50 bits per heavy atom. The Labute approximate surface area is 104 Å². The molecule has 1 unspecified atom stereocenters. The van der Waals surface area contributed by atoms with E-state index in [4.69, 9.17) is 9.84 Å². The molecule has 88 valence electrons. The molecule has 0 aliphatic rings. The predicted molar refractivity (Wildman–Crippen MR) is 66.0 cm³/mol. The van der Waals surface area contributed by atoms with E-state index < -0.39 is 5.97 Å². The quantitative estimate of drug-likeness (QED) is 0.920. The first-order valence-corrected chi connectivity index (χ1v) is 5.90. The number of hydrogen-bond acceptors (Lipinski definition) is 2. The molecule has 0 spiro atoms. The molecule has 0 amide bonds. The third-order valence-electron chi connectivity index (χ3n) is 2.43. The lowest BCUT2D eigenvalue weighted by Gasteiger charge is -2.19. The van der Waals surface area contributed by atoms with E-state index in [1.807, 2.05) is 20.8 Å². The summed E-state index contributed by atoms with van der Waals surface area (Å²) in [7, 11) is 0. The van der Waals surface area contributed by atoms with Crippen LogP contribution >= 0.6 is 15.9 Å². The van der Waals surface area contributed by atoms with Crippen molar-refractivity contribution in [3.8, 4) is 5.75 Å². The van der Waals surface area contributed by atoms with Crippen LogP contribution in [-0.2, 0) is 0 Å².